The van der Waals surface area contributed by atoms with Crippen LogP contribution in [0.25, 0.3) is 0 Å². The summed E-state index contributed by atoms with van der Waals surface area (Å²) in [5.41, 5.74) is 0.289. The Morgan fingerprint density at radius 2 is 1.84 bits per heavy atom. The summed E-state index contributed by atoms with van der Waals surface area (Å²) in [7, 11) is 0. The molecule has 0 bridgehead atoms. The molecular formula is C34H44N4O7. The van der Waals surface area contributed by atoms with Crippen molar-refractivity contribution in [1.82, 2.24) is 15.1 Å². The van der Waals surface area contributed by atoms with Crippen LogP contribution in [0, 0.1) is 0 Å². The van der Waals surface area contributed by atoms with Crippen LogP contribution in [0.1, 0.15) is 76.2 Å². The van der Waals surface area contributed by atoms with Crippen LogP contribution in [0.2, 0.25) is 0 Å². The lowest BCUT2D eigenvalue weighted by Crippen LogP contribution is -2.54. The van der Waals surface area contributed by atoms with E-state index in [0.717, 1.165) is 18.4 Å². The molecule has 5 rings (SSSR count). The standard InChI is InChI=1S/C34H44N4O7/c1-23(2)38(26-12-9-18-36(21-26)32(42)45-33(3,4)5)29(39)25-13-14-28-27(20-25)37(30(40)34(44-28)15-16-34)19-17-35-31(41)43-22-24-10-7-6-8-11-24/h6-8,10-11,13-14,20,23,26H,9,12,15-19,21-22H2,1-5H3,(H,35,41)/t26-/m1/s1. The summed E-state index contributed by atoms with van der Waals surface area (Å²) in [6, 6.07) is 14.2. The smallest absolute Gasteiger partial charge is 0.410 e. The fourth-order valence-electron chi connectivity index (χ4n) is 5.90. The van der Waals surface area contributed by atoms with Gasteiger partial charge in [0.2, 0.25) is 0 Å². The second kappa shape index (κ2) is 13.0. The number of benzene rings is 2. The third kappa shape index (κ3) is 7.51. The number of anilines is 1. The van der Waals surface area contributed by atoms with Crippen molar-refractivity contribution in [3.8, 4) is 5.75 Å². The number of carbonyl (C=O) groups is 4. The Morgan fingerprint density at radius 1 is 1.11 bits per heavy atom. The molecule has 2 aromatic rings. The lowest BCUT2D eigenvalue weighted by molar-refractivity contribution is -0.128. The van der Waals surface area contributed by atoms with Crippen molar-refractivity contribution in [1.29, 1.82) is 0 Å². The van der Waals surface area contributed by atoms with Gasteiger partial charge in [0.15, 0.2) is 5.60 Å². The highest BCUT2D eigenvalue weighted by Gasteiger charge is 2.58. The minimum atomic E-state index is -0.885. The largest absolute Gasteiger partial charge is 0.475 e. The number of nitrogens with zero attached hydrogens (tertiary/aromatic N) is 3. The van der Waals surface area contributed by atoms with Gasteiger partial charge >= 0.3 is 12.2 Å². The van der Waals surface area contributed by atoms with E-state index in [9.17, 15) is 19.2 Å². The van der Waals surface area contributed by atoms with Gasteiger partial charge in [-0.15, -0.1) is 0 Å². The zero-order valence-corrected chi connectivity index (χ0v) is 26.8. The Kier molecular flexibility index (Phi) is 9.27. The molecule has 3 aliphatic rings. The van der Waals surface area contributed by atoms with E-state index >= 15 is 0 Å². The topological polar surface area (TPSA) is 118 Å². The minimum absolute atomic E-state index is 0.132. The number of amides is 4. The van der Waals surface area contributed by atoms with Gasteiger partial charge in [0.05, 0.1) is 11.7 Å². The van der Waals surface area contributed by atoms with E-state index < -0.39 is 17.3 Å². The number of rotatable bonds is 8. The Hall–Kier alpha value is -4.28. The van der Waals surface area contributed by atoms with Gasteiger partial charge in [0.25, 0.3) is 11.8 Å². The number of alkyl carbamates (subject to hydrolysis) is 1. The molecule has 1 saturated heterocycles. The summed E-state index contributed by atoms with van der Waals surface area (Å²) >= 11 is 0. The van der Waals surface area contributed by atoms with E-state index in [1.807, 2.05) is 69.9 Å². The van der Waals surface area contributed by atoms with E-state index in [-0.39, 0.29) is 49.7 Å². The van der Waals surface area contributed by atoms with E-state index in [0.29, 0.717) is 42.9 Å². The number of fused-ring (bicyclic) bond motifs is 1. The predicted molar refractivity (Wildman–Crippen MR) is 168 cm³/mol. The van der Waals surface area contributed by atoms with Crippen molar-refractivity contribution in [2.24, 2.45) is 0 Å². The average molecular weight is 621 g/mol. The molecule has 0 radical (unpaired) electrons. The summed E-state index contributed by atoms with van der Waals surface area (Å²) < 4.78 is 17.0. The first-order valence-electron chi connectivity index (χ1n) is 15.8. The number of carbonyl (C=O) groups excluding carboxylic acids is 4. The highest BCUT2D eigenvalue weighted by atomic mass is 16.6. The Labute approximate surface area is 264 Å². The van der Waals surface area contributed by atoms with Crippen LogP contribution in [0.5, 0.6) is 5.75 Å². The Bertz CT molecular complexity index is 1420. The number of hydrogen-bond acceptors (Lipinski definition) is 7. The third-order valence-electron chi connectivity index (χ3n) is 8.19. The molecule has 11 heteroatoms. The first-order chi connectivity index (χ1) is 21.4. The highest BCUT2D eigenvalue weighted by Crippen LogP contribution is 2.49. The maximum Gasteiger partial charge on any atom is 0.410 e. The molecule has 242 valence electrons. The van der Waals surface area contributed by atoms with Crippen LogP contribution in [0.3, 0.4) is 0 Å². The van der Waals surface area contributed by atoms with Crippen LogP contribution in [0.15, 0.2) is 48.5 Å². The average Bonchev–Trinajstić information content (AvgIpc) is 3.77. The predicted octanol–water partition coefficient (Wildman–Crippen LogP) is 5.12. The van der Waals surface area contributed by atoms with Gasteiger partial charge in [-0.2, -0.15) is 0 Å². The SMILES string of the molecule is CC(C)N(C(=O)c1ccc2c(c1)N(CCNC(=O)OCc1ccccc1)C(=O)C1(CC1)O2)[C@@H]1CCCN(C(=O)OC(C)(C)C)C1. The summed E-state index contributed by atoms with van der Waals surface area (Å²) in [5.74, 6) is 0.158. The Balaban J connectivity index is 1.29. The molecule has 1 spiro atoms. The van der Waals surface area contributed by atoms with Crippen molar-refractivity contribution in [2.45, 2.75) is 90.2 Å². The van der Waals surface area contributed by atoms with Gasteiger partial charge < -0.3 is 34.2 Å². The molecular weight excluding hydrogens is 576 g/mol. The molecule has 1 N–H and O–H groups in total. The van der Waals surface area contributed by atoms with Gasteiger partial charge in [-0.3, -0.25) is 9.59 Å². The third-order valence-corrected chi connectivity index (χ3v) is 8.19. The van der Waals surface area contributed by atoms with Crippen molar-refractivity contribution >= 4 is 29.7 Å². The molecule has 45 heavy (non-hydrogen) atoms. The molecule has 4 amide bonds. The molecule has 1 atom stereocenters. The molecule has 2 heterocycles. The van der Waals surface area contributed by atoms with Crippen LogP contribution in [0.4, 0.5) is 15.3 Å². The van der Waals surface area contributed by atoms with Gasteiger partial charge in [-0.25, -0.2) is 9.59 Å². The molecule has 2 fully saturated rings. The van der Waals surface area contributed by atoms with E-state index in [1.165, 1.54) is 0 Å². The molecule has 11 nitrogen and oxygen atoms in total. The first kappa shape index (κ1) is 32.1. The minimum Gasteiger partial charge on any atom is -0.475 e. The van der Waals surface area contributed by atoms with E-state index in [4.69, 9.17) is 14.2 Å². The van der Waals surface area contributed by atoms with Gasteiger partial charge in [-0.1, -0.05) is 30.3 Å². The van der Waals surface area contributed by atoms with E-state index in [2.05, 4.69) is 5.32 Å². The quantitative estimate of drug-likeness (QED) is 0.435. The summed E-state index contributed by atoms with van der Waals surface area (Å²) in [5, 5.41) is 2.73. The summed E-state index contributed by atoms with van der Waals surface area (Å²) in [4.78, 5) is 57.9. The highest BCUT2D eigenvalue weighted by molar-refractivity contribution is 6.06. The lowest BCUT2D eigenvalue weighted by Gasteiger charge is -2.42. The maximum atomic E-state index is 14.1. The van der Waals surface area contributed by atoms with Crippen molar-refractivity contribution in [3.63, 3.8) is 0 Å². The number of likely N-dealkylation sites (tertiary alicyclic amines) is 1. The van der Waals surface area contributed by atoms with Crippen molar-refractivity contribution in [3.05, 3.63) is 59.7 Å². The number of piperidine rings is 1. The van der Waals surface area contributed by atoms with Gasteiger partial charge in [0, 0.05) is 50.6 Å². The summed E-state index contributed by atoms with van der Waals surface area (Å²) in [6.45, 7) is 10.9. The second-order valence-corrected chi connectivity index (χ2v) is 13.3. The first-order valence-corrected chi connectivity index (χ1v) is 15.8. The van der Waals surface area contributed by atoms with Crippen LogP contribution in [-0.2, 0) is 20.9 Å². The zero-order chi connectivity index (χ0) is 32.4. The molecule has 0 unspecified atom stereocenters. The van der Waals surface area contributed by atoms with Crippen molar-refractivity contribution < 1.29 is 33.4 Å². The van der Waals surface area contributed by atoms with Crippen LogP contribution >= 0.6 is 0 Å². The van der Waals surface area contributed by atoms with Gasteiger partial charge in [-0.05, 0) is 71.2 Å². The molecule has 1 aliphatic carbocycles. The fourth-order valence-corrected chi connectivity index (χ4v) is 5.90. The molecule has 2 aliphatic heterocycles. The van der Waals surface area contributed by atoms with Crippen LogP contribution in [-0.4, -0.2) is 83.3 Å². The fraction of sp³-hybridized carbons (Fsp3) is 0.529. The second-order valence-electron chi connectivity index (χ2n) is 13.3. The van der Waals surface area contributed by atoms with Gasteiger partial charge in [0.1, 0.15) is 18.0 Å². The number of hydrogen-bond donors (Lipinski definition) is 1. The lowest BCUT2D eigenvalue weighted by atomic mass is 10.0. The normalized spacial score (nSPS) is 18.6. The van der Waals surface area contributed by atoms with E-state index in [1.54, 1.807) is 28.0 Å². The Morgan fingerprint density at radius 3 is 2.51 bits per heavy atom. The zero-order valence-electron chi connectivity index (χ0n) is 26.8. The maximum absolute atomic E-state index is 14.1. The number of ether oxygens (including phenoxy) is 3. The van der Waals surface area contributed by atoms with Crippen LogP contribution < -0.4 is 15.0 Å². The summed E-state index contributed by atoms with van der Waals surface area (Å²) in [6.07, 6.45) is 1.79. The van der Waals surface area contributed by atoms with Crippen molar-refractivity contribution in [2.75, 3.05) is 31.1 Å². The number of nitrogens with one attached hydrogen (secondary N) is 1. The molecule has 0 aromatic heterocycles. The monoisotopic (exact) mass is 620 g/mol. The molecule has 2 aromatic carbocycles. The molecule has 1 saturated carbocycles.